The number of halogens is 5. The van der Waals surface area contributed by atoms with Crippen LogP contribution in [0.5, 0.6) is 0 Å². The second kappa shape index (κ2) is 15.9. The van der Waals surface area contributed by atoms with Crippen LogP contribution >= 0.6 is 15.9 Å². The van der Waals surface area contributed by atoms with Gasteiger partial charge in [0.05, 0.1) is 16.8 Å². The number of nitrogens with one attached hydrogen (secondary N) is 2. The van der Waals surface area contributed by atoms with Crippen LogP contribution in [0.2, 0.25) is 0 Å². The van der Waals surface area contributed by atoms with E-state index in [4.69, 9.17) is 9.72 Å². The first-order valence-electron chi connectivity index (χ1n) is 15.8. The molecule has 3 unspecified atom stereocenters. The summed E-state index contributed by atoms with van der Waals surface area (Å²) < 4.78 is 61.3. The van der Waals surface area contributed by atoms with Gasteiger partial charge in [-0.15, -0.1) is 0 Å². The Morgan fingerprint density at radius 3 is 2.63 bits per heavy atom. The molecule has 1 fully saturated rings. The molecule has 12 heteroatoms. The van der Waals surface area contributed by atoms with E-state index >= 15 is 0 Å². The summed E-state index contributed by atoms with van der Waals surface area (Å²) in [5, 5.41) is 6.38. The molecular formula is C34H41BrF4N4O3. The van der Waals surface area contributed by atoms with E-state index in [1.165, 1.54) is 18.2 Å². The fourth-order valence-electron chi connectivity index (χ4n) is 6.01. The maximum Gasteiger partial charge on any atom is 0.416 e. The number of benzene rings is 2. The largest absolute Gasteiger partial charge is 0.431 e. The molecule has 0 aliphatic carbocycles. The lowest BCUT2D eigenvalue weighted by Crippen LogP contribution is -2.37. The van der Waals surface area contributed by atoms with E-state index in [0.717, 1.165) is 54.3 Å². The Bertz CT molecular complexity index is 1520. The predicted octanol–water partition coefficient (Wildman–Crippen LogP) is 9.28. The number of esters is 1. The lowest BCUT2D eigenvalue weighted by atomic mass is 9.90. The molecule has 1 aliphatic heterocycles. The number of ether oxygens (including phenoxy) is 1. The van der Waals surface area contributed by atoms with E-state index in [1.54, 1.807) is 6.92 Å². The number of pyridine rings is 1. The van der Waals surface area contributed by atoms with Gasteiger partial charge in [-0.1, -0.05) is 54.4 Å². The van der Waals surface area contributed by atoms with Crippen LogP contribution in [-0.4, -0.2) is 43.0 Å². The highest BCUT2D eigenvalue weighted by atomic mass is 79.9. The van der Waals surface area contributed by atoms with Crippen molar-refractivity contribution in [2.45, 2.75) is 84.2 Å². The van der Waals surface area contributed by atoms with Crippen molar-refractivity contribution in [1.29, 1.82) is 0 Å². The molecule has 4 rings (SSSR count). The van der Waals surface area contributed by atoms with Gasteiger partial charge in [0, 0.05) is 53.8 Å². The number of fused-ring (bicyclic) bond motifs is 1. The van der Waals surface area contributed by atoms with E-state index < -0.39 is 36.0 Å². The van der Waals surface area contributed by atoms with Crippen molar-refractivity contribution >= 4 is 50.3 Å². The van der Waals surface area contributed by atoms with Crippen molar-refractivity contribution < 1.29 is 31.9 Å². The van der Waals surface area contributed by atoms with Gasteiger partial charge < -0.3 is 20.3 Å². The summed E-state index contributed by atoms with van der Waals surface area (Å²) >= 11 is 3.50. The van der Waals surface area contributed by atoms with Crippen molar-refractivity contribution in [1.82, 2.24) is 10.3 Å². The van der Waals surface area contributed by atoms with E-state index in [0.29, 0.717) is 28.9 Å². The summed E-state index contributed by atoms with van der Waals surface area (Å²) in [6.07, 6.45) is -3.06. The minimum atomic E-state index is -4.65. The molecule has 0 radical (unpaired) electrons. The van der Waals surface area contributed by atoms with Crippen LogP contribution in [0.4, 0.5) is 33.9 Å². The van der Waals surface area contributed by atoms with Crippen LogP contribution in [0, 0.1) is 12.8 Å². The SMILES string of the molecule is CCCC(F)OC(=O)CCC(CNC(=O)Nc1c(C)c(N2CCCC(CC)C2)nc2ccc(Br)cc12)c1ccccc1C(F)(F)F. The molecule has 2 amide bonds. The Labute approximate surface area is 275 Å². The molecule has 1 aliphatic rings. The van der Waals surface area contributed by atoms with Gasteiger partial charge in [-0.2, -0.15) is 13.2 Å². The Kier molecular flexibility index (Phi) is 12.3. The van der Waals surface area contributed by atoms with E-state index in [2.05, 4.69) is 38.4 Å². The molecule has 2 aromatic carbocycles. The maximum atomic E-state index is 14.0. The zero-order chi connectivity index (χ0) is 33.4. The van der Waals surface area contributed by atoms with Crippen molar-refractivity contribution in [3.05, 3.63) is 63.6 Å². The maximum absolute atomic E-state index is 14.0. The van der Waals surface area contributed by atoms with E-state index in [-0.39, 0.29) is 31.4 Å². The smallest absolute Gasteiger partial charge is 0.416 e. The topological polar surface area (TPSA) is 83.6 Å². The Balaban J connectivity index is 1.58. The third-order valence-electron chi connectivity index (χ3n) is 8.49. The third-order valence-corrected chi connectivity index (χ3v) is 8.98. The molecule has 2 heterocycles. The number of piperidine rings is 1. The van der Waals surface area contributed by atoms with Crippen molar-refractivity contribution in [3.63, 3.8) is 0 Å². The quantitative estimate of drug-likeness (QED) is 0.145. The molecule has 0 spiro atoms. The number of rotatable bonds is 12. The van der Waals surface area contributed by atoms with Gasteiger partial charge in [-0.05, 0) is 68.4 Å². The van der Waals surface area contributed by atoms with Crippen molar-refractivity contribution in [2.75, 3.05) is 29.9 Å². The highest BCUT2D eigenvalue weighted by molar-refractivity contribution is 9.10. The summed E-state index contributed by atoms with van der Waals surface area (Å²) in [6.45, 7) is 7.33. The van der Waals surface area contributed by atoms with Gasteiger partial charge in [0.1, 0.15) is 5.82 Å². The second-order valence-corrected chi connectivity index (χ2v) is 12.7. The zero-order valence-electron chi connectivity index (χ0n) is 26.4. The standard InChI is InChI=1S/C34H41BrF4N4O3/c1-4-9-29(36)46-30(44)16-13-23(25-11-6-7-12-27(25)34(37,38)39)19-40-33(45)42-31-21(3)32(43-17-8-10-22(5-2)20-43)41-28-15-14-24(35)18-26(28)31/h6-7,11-12,14-15,18,22-23,29H,4-5,8-10,13,16-17,19-20H2,1-3H3,(H2,40,41,42,45). The molecule has 0 saturated carbocycles. The molecule has 2 N–H and O–H groups in total. The van der Waals surface area contributed by atoms with Crippen LogP contribution in [0.25, 0.3) is 10.9 Å². The zero-order valence-corrected chi connectivity index (χ0v) is 27.9. The number of hydrogen-bond acceptors (Lipinski definition) is 5. The highest BCUT2D eigenvalue weighted by Gasteiger charge is 2.35. The average molecular weight is 710 g/mol. The van der Waals surface area contributed by atoms with Gasteiger partial charge in [0.25, 0.3) is 0 Å². The Morgan fingerprint density at radius 1 is 1.15 bits per heavy atom. The lowest BCUT2D eigenvalue weighted by Gasteiger charge is -2.34. The number of alkyl halides is 4. The molecule has 3 atom stereocenters. The second-order valence-electron chi connectivity index (χ2n) is 11.8. The van der Waals surface area contributed by atoms with Gasteiger partial charge in [0.2, 0.25) is 6.36 Å². The van der Waals surface area contributed by atoms with E-state index in [9.17, 15) is 27.2 Å². The number of hydrogen-bond donors (Lipinski definition) is 2. The van der Waals surface area contributed by atoms with Crippen molar-refractivity contribution in [3.8, 4) is 0 Å². The first-order chi connectivity index (χ1) is 21.9. The van der Waals surface area contributed by atoms with E-state index in [1.807, 2.05) is 25.1 Å². The number of carbonyl (C=O) groups is 2. The molecule has 0 bridgehead atoms. The first-order valence-corrected chi connectivity index (χ1v) is 16.6. The Hall–Kier alpha value is -3.41. The van der Waals surface area contributed by atoms with Crippen LogP contribution < -0.4 is 15.5 Å². The number of aromatic nitrogens is 1. The van der Waals surface area contributed by atoms with Gasteiger partial charge >= 0.3 is 18.2 Å². The number of carbonyl (C=O) groups excluding carboxylic acids is 2. The fraction of sp³-hybridized carbons (Fsp3) is 0.500. The molecule has 7 nitrogen and oxygen atoms in total. The summed E-state index contributed by atoms with van der Waals surface area (Å²) in [4.78, 5) is 32.9. The molecule has 3 aromatic rings. The number of amides is 2. The monoisotopic (exact) mass is 708 g/mol. The lowest BCUT2D eigenvalue weighted by molar-refractivity contribution is -0.158. The molecule has 1 saturated heterocycles. The minimum Gasteiger partial charge on any atom is -0.431 e. The normalized spacial score (nSPS) is 16.6. The number of nitrogens with zero attached hydrogens (tertiary/aromatic N) is 2. The molecule has 250 valence electrons. The summed E-state index contributed by atoms with van der Waals surface area (Å²) in [6, 6.07) is 10.1. The summed E-state index contributed by atoms with van der Waals surface area (Å²) in [5.74, 6) is -0.418. The molecule has 46 heavy (non-hydrogen) atoms. The summed E-state index contributed by atoms with van der Waals surface area (Å²) in [5.41, 5.74) is 1.11. The highest BCUT2D eigenvalue weighted by Crippen LogP contribution is 2.38. The van der Waals surface area contributed by atoms with Crippen LogP contribution in [-0.2, 0) is 15.7 Å². The predicted molar refractivity (Wildman–Crippen MR) is 176 cm³/mol. The van der Waals surface area contributed by atoms with Crippen molar-refractivity contribution in [2.24, 2.45) is 5.92 Å². The van der Waals surface area contributed by atoms with Crippen LogP contribution in [0.1, 0.15) is 81.4 Å². The van der Waals surface area contributed by atoms with Gasteiger partial charge in [-0.3, -0.25) is 4.79 Å². The minimum absolute atomic E-state index is 0.0339. The molecule has 1 aromatic heterocycles. The summed E-state index contributed by atoms with van der Waals surface area (Å²) in [7, 11) is 0. The van der Waals surface area contributed by atoms with Gasteiger partial charge in [-0.25, -0.2) is 14.2 Å². The van der Waals surface area contributed by atoms with Crippen LogP contribution in [0.15, 0.2) is 46.9 Å². The Morgan fingerprint density at radius 2 is 1.91 bits per heavy atom. The third kappa shape index (κ3) is 9.11. The molecular weight excluding hydrogens is 668 g/mol. The van der Waals surface area contributed by atoms with Crippen LogP contribution in [0.3, 0.4) is 0 Å². The average Bonchev–Trinajstić information content (AvgIpc) is 3.02. The number of urea groups is 1. The first kappa shape index (κ1) is 35.4. The fourth-order valence-corrected chi connectivity index (χ4v) is 6.37. The van der Waals surface area contributed by atoms with Gasteiger partial charge in [0.15, 0.2) is 0 Å². The number of anilines is 2.